The Labute approximate surface area is 267 Å². The van der Waals surface area contributed by atoms with Crippen molar-refractivity contribution >= 4 is 62.2 Å². The fourth-order valence-electron chi connectivity index (χ4n) is 5.45. The minimum absolute atomic E-state index is 0.0650. The lowest BCUT2D eigenvalue weighted by molar-refractivity contribution is 0.0698. The molecule has 3 aromatic carbocycles. The summed E-state index contributed by atoms with van der Waals surface area (Å²) in [6.07, 6.45) is 3.05. The maximum atomic E-state index is 13.8. The molecule has 1 aliphatic heterocycles. The fraction of sp³-hybridized carbons (Fsp3) is 0.147. The number of hydrogen-bond acceptors (Lipinski definition) is 9. The number of imidazole rings is 1. The number of carbonyl (C=O) groups is 3. The molecule has 1 amide bonds. The van der Waals surface area contributed by atoms with Gasteiger partial charge in [-0.05, 0) is 48.0 Å². The summed E-state index contributed by atoms with van der Waals surface area (Å²) in [5.41, 5.74) is 3.80. The van der Waals surface area contributed by atoms with Crippen LogP contribution >= 0.6 is 11.3 Å². The summed E-state index contributed by atoms with van der Waals surface area (Å²) < 4.78 is 8.06. The van der Waals surface area contributed by atoms with Gasteiger partial charge in [0.15, 0.2) is 10.7 Å². The first-order chi connectivity index (χ1) is 22.4. The van der Waals surface area contributed by atoms with Gasteiger partial charge in [-0.15, -0.1) is 11.3 Å². The van der Waals surface area contributed by atoms with E-state index < -0.39 is 5.97 Å². The SMILES string of the molecule is O=C(c1nc2ccccc2s1)c1ccc(N2CCN(C(=O)OCc3ccccc3)CC2)cc1Nc1cn2cccc(C(=O)O)c2n1. The van der Waals surface area contributed by atoms with Crippen LogP contribution in [-0.2, 0) is 11.3 Å². The molecule has 0 spiro atoms. The van der Waals surface area contributed by atoms with Gasteiger partial charge in [0.1, 0.15) is 18.0 Å². The van der Waals surface area contributed by atoms with E-state index in [1.54, 1.807) is 33.8 Å². The molecule has 1 saturated heterocycles. The van der Waals surface area contributed by atoms with Crippen LogP contribution in [0.2, 0.25) is 0 Å². The van der Waals surface area contributed by atoms with Crippen LogP contribution in [0.4, 0.5) is 22.0 Å². The number of rotatable bonds is 8. The van der Waals surface area contributed by atoms with E-state index in [-0.39, 0.29) is 29.7 Å². The number of carbonyl (C=O) groups excluding carboxylic acids is 2. The lowest BCUT2D eigenvalue weighted by atomic mass is 10.1. The fourth-order valence-corrected chi connectivity index (χ4v) is 6.37. The van der Waals surface area contributed by atoms with Crippen molar-refractivity contribution in [2.24, 2.45) is 0 Å². The molecule has 0 radical (unpaired) electrons. The molecule has 7 rings (SSSR count). The van der Waals surface area contributed by atoms with Crippen molar-refractivity contribution in [1.82, 2.24) is 19.3 Å². The molecule has 1 aliphatic rings. The van der Waals surface area contributed by atoms with Gasteiger partial charge in [0.25, 0.3) is 0 Å². The predicted octanol–water partition coefficient (Wildman–Crippen LogP) is 6.08. The van der Waals surface area contributed by atoms with E-state index in [1.165, 1.54) is 17.4 Å². The quantitative estimate of drug-likeness (QED) is 0.192. The zero-order valence-corrected chi connectivity index (χ0v) is 25.3. The zero-order valence-electron chi connectivity index (χ0n) is 24.5. The van der Waals surface area contributed by atoms with E-state index in [0.717, 1.165) is 21.5 Å². The topological polar surface area (TPSA) is 129 Å². The van der Waals surface area contributed by atoms with Gasteiger partial charge < -0.3 is 29.4 Å². The summed E-state index contributed by atoms with van der Waals surface area (Å²) >= 11 is 1.33. The van der Waals surface area contributed by atoms with Gasteiger partial charge in [-0.2, -0.15) is 0 Å². The van der Waals surface area contributed by atoms with Crippen LogP contribution in [0.3, 0.4) is 0 Å². The Bertz CT molecular complexity index is 2050. The number of pyridine rings is 1. The van der Waals surface area contributed by atoms with Crippen molar-refractivity contribution in [2.75, 3.05) is 36.4 Å². The molecule has 6 aromatic rings. The molecule has 4 heterocycles. The number of aromatic nitrogens is 3. The smallest absolute Gasteiger partial charge is 0.410 e. The van der Waals surface area contributed by atoms with Crippen LogP contribution < -0.4 is 10.2 Å². The first-order valence-electron chi connectivity index (χ1n) is 14.7. The Morgan fingerprint density at radius 2 is 1.65 bits per heavy atom. The number of ether oxygens (including phenoxy) is 1. The molecule has 11 nitrogen and oxygen atoms in total. The summed E-state index contributed by atoms with van der Waals surface area (Å²) in [7, 11) is 0. The van der Waals surface area contributed by atoms with Crippen molar-refractivity contribution in [3.63, 3.8) is 0 Å². The number of nitrogens with zero attached hydrogens (tertiary/aromatic N) is 5. The Balaban J connectivity index is 1.14. The molecule has 3 aromatic heterocycles. The minimum atomic E-state index is -1.08. The van der Waals surface area contributed by atoms with Crippen LogP contribution in [0.5, 0.6) is 0 Å². The number of ketones is 1. The van der Waals surface area contributed by atoms with Gasteiger partial charge >= 0.3 is 12.1 Å². The van der Waals surface area contributed by atoms with Gasteiger partial charge in [0.2, 0.25) is 5.78 Å². The van der Waals surface area contributed by atoms with Crippen molar-refractivity contribution in [3.8, 4) is 0 Å². The average molecular weight is 633 g/mol. The second kappa shape index (κ2) is 12.3. The van der Waals surface area contributed by atoms with Gasteiger partial charge in [-0.1, -0.05) is 42.5 Å². The molecule has 0 atom stereocenters. The van der Waals surface area contributed by atoms with Crippen LogP contribution in [0, 0.1) is 0 Å². The van der Waals surface area contributed by atoms with E-state index in [0.29, 0.717) is 48.3 Å². The third kappa shape index (κ3) is 5.85. The number of amides is 1. The third-order valence-corrected chi connectivity index (χ3v) is 8.86. The van der Waals surface area contributed by atoms with Crippen LogP contribution in [0.15, 0.2) is 97.3 Å². The van der Waals surface area contributed by atoms with Crippen LogP contribution in [0.25, 0.3) is 15.9 Å². The number of piperazine rings is 1. The molecule has 12 heteroatoms. The highest BCUT2D eigenvalue weighted by atomic mass is 32.1. The Kier molecular flexibility index (Phi) is 7.77. The summed E-state index contributed by atoms with van der Waals surface area (Å²) in [5.74, 6) is -0.939. The highest BCUT2D eigenvalue weighted by Crippen LogP contribution is 2.32. The number of fused-ring (bicyclic) bond motifs is 2. The number of aromatic carboxylic acids is 1. The van der Waals surface area contributed by atoms with E-state index >= 15 is 0 Å². The Morgan fingerprint density at radius 3 is 2.43 bits per heavy atom. The van der Waals surface area contributed by atoms with E-state index in [4.69, 9.17) is 4.74 Å². The second-order valence-electron chi connectivity index (χ2n) is 10.8. The summed E-state index contributed by atoms with van der Waals surface area (Å²) in [5, 5.41) is 13.3. The first-order valence-corrected chi connectivity index (χ1v) is 15.5. The van der Waals surface area contributed by atoms with E-state index in [2.05, 4.69) is 20.2 Å². The lowest BCUT2D eigenvalue weighted by Gasteiger charge is -2.35. The van der Waals surface area contributed by atoms with Crippen molar-refractivity contribution in [2.45, 2.75) is 6.61 Å². The molecule has 46 heavy (non-hydrogen) atoms. The molecule has 2 N–H and O–H groups in total. The number of carboxylic acid groups (broad SMARTS) is 1. The molecular weight excluding hydrogens is 604 g/mol. The standard InChI is InChI=1S/C34H28N6O5S/c41-30(32-36-26-10-4-5-11-28(26)46-32)24-13-12-23(19-27(24)35-29-20-40-14-6-9-25(33(42)43)31(40)37-29)38-15-17-39(18-16-38)34(44)45-21-22-7-2-1-3-8-22/h1-14,19-20,35H,15-18,21H2,(H,42,43). The highest BCUT2D eigenvalue weighted by molar-refractivity contribution is 7.20. The number of thiazole rings is 1. The van der Waals surface area contributed by atoms with Crippen molar-refractivity contribution in [1.29, 1.82) is 0 Å². The number of carboxylic acids is 1. The normalized spacial score (nSPS) is 13.2. The third-order valence-electron chi connectivity index (χ3n) is 7.82. The first kappa shape index (κ1) is 29.0. The summed E-state index contributed by atoms with van der Waals surface area (Å²) in [6, 6.07) is 25.8. The molecule has 0 unspecified atom stereocenters. The second-order valence-corrected chi connectivity index (χ2v) is 11.8. The molecule has 230 valence electrons. The van der Waals surface area contributed by atoms with E-state index in [1.807, 2.05) is 66.7 Å². The molecule has 0 saturated carbocycles. The van der Waals surface area contributed by atoms with Gasteiger partial charge in [0, 0.05) is 43.6 Å². The number of benzene rings is 3. The average Bonchev–Trinajstić information content (AvgIpc) is 3.71. The summed E-state index contributed by atoms with van der Waals surface area (Å²) in [6.45, 7) is 2.32. The monoisotopic (exact) mass is 632 g/mol. The largest absolute Gasteiger partial charge is 0.478 e. The molecule has 1 fully saturated rings. The van der Waals surface area contributed by atoms with Crippen LogP contribution in [-0.4, -0.2) is 68.4 Å². The summed E-state index contributed by atoms with van der Waals surface area (Å²) in [4.78, 5) is 51.3. The van der Waals surface area contributed by atoms with E-state index in [9.17, 15) is 19.5 Å². The van der Waals surface area contributed by atoms with Crippen LogP contribution in [0.1, 0.15) is 31.3 Å². The number of nitrogens with one attached hydrogen (secondary N) is 1. The molecule has 0 aliphatic carbocycles. The maximum absolute atomic E-state index is 13.8. The highest BCUT2D eigenvalue weighted by Gasteiger charge is 2.25. The Hall–Kier alpha value is -5.75. The number of para-hydroxylation sites is 1. The number of anilines is 3. The lowest BCUT2D eigenvalue weighted by Crippen LogP contribution is -2.49. The maximum Gasteiger partial charge on any atom is 0.410 e. The van der Waals surface area contributed by atoms with Gasteiger partial charge in [0.05, 0.1) is 22.1 Å². The predicted molar refractivity (Wildman–Crippen MR) is 175 cm³/mol. The van der Waals surface area contributed by atoms with Gasteiger partial charge in [-0.25, -0.2) is 19.6 Å². The Morgan fingerprint density at radius 1 is 0.870 bits per heavy atom. The van der Waals surface area contributed by atoms with Crippen molar-refractivity contribution < 1.29 is 24.2 Å². The molecular formula is C34H28N6O5S. The van der Waals surface area contributed by atoms with Crippen molar-refractivity contribution in [3.05, 3.63) is 119 Å². The zero-order chi connectivity index (χ0) is 31.6. The number of hydrogen-bond donors (Lipinski definition) is 2. The van der Waals surface area contributed by atoms with Gasteiger partial charge in [-0.3, -0.25) is 4.79 Å². The minimum Gasteiger partial charge on any atom is -0.478 e. The molecule has 0 bridgehead atoms.